The molecule has 1 heterocycles. The number of methoxy groups -OCH3 is 1. The molecule has 1 aromatic heterocycles. The molecule has 0 atom stereocenters. The molecule has 0 saturated heterocycles. The zero-order valence-corrected chi connectivity index (χ0v) is 20.1. The van der Waals surface area contributed by atoms with Crippen LogP contribution in [0.1, 0.15) is 36.0 Å². The van der Waals surface area contributed by atoms with E-state index in [0.29, 0.717) is 33.3 Å². The Balaban J connectivity index is 1.80. The summed E-state index contributed by atoms with van der Waals surface area (Å²) in [6.07, 6.45) is 0.579. The summed E-state index contributed by atoms with van der Waals surface area (Å²) in [6, 6.07) is 15.3. The maximum atomic E-state index is 13.2. The highest BCUT2D eigenvalue weighted by atomic mass is 35.5. The van der Waals surface area contributed by atoms with Crippen LogP contribution in [0.25, 0.3) is 10.8 Å². The third-order valence-corrected chi connectivity index (χ3v) is 6.76. The van der Waals surface area contributed by atoms with Crippen LogP contribution in [0, 0.1) is 6.92 Å². The number of halogens is 1. The van der Waals surface area contributed by atoms with Gasteiger partial charge in [0.1, 0.15) is 15.6 Å². The van der Waals surface area contributed by atoms with Crippen LogP contribution in [0.5, 0.6) is 5.75 Å². The number of azo groups is 1. The van der Waals surface area contributed by atoms with Crippen molar-refractivity contribution in [3.8, 4) is 5.75 Å². The number of carbonyl (C=O) groups excluding carboxylic acids is 3. The topological polar surface area (TPSA) is 117 Å². The number of phenolic OH excluding ortho intramolecular Hbond substituents is 1. The second-order valence-electron chi connectivity index (χ2n) is 7.36. The zero-order valence-electron chi connectivity index (χ0n) is 18.5. The first kappa shape index (κ1) is 24.1. The summed E-state index contributed by atoms with van der Waals surface area (Å²) >= 11 is 7.11. The minimum atomic E-state index is -0.593. The number of para-hydroxylation sites is 1. The van der Waals surface area contributed by atoms with Crippen molar-refractivity contribution in [3.05, 3.63) is 81.2 Å². The highest BCUT2D eigenvalue weighted by Gasteiger charge is 2.22. The molecule has 0 saturated carbocycles. The predicted octanol–water partition coefficient (Wildman–Crippen LogP) is 6.84. The first-order chi connectivity index (χ1) is 16.8. The van der Waals surface area contributed by atoms with Gasteiger partial charge in [0.15, 0.2) is 12.0 Å². The summed E-state index contributed by atoms with van der Waals surface area (Å²) in [6.45, 7) is 1.61. The number of fused-ring (bicyclic) bond motifs is 1. The molecule has 0 aliphatic heterocycles. The minimum absolute atomic E-state index is 0.00908. The van der Waals surface area contributed by atoms with Crippen LogP contribution in [0.3, 0.4) is 0 Å². The van der Waals surface area contributed by atoms with Crippen molar-refractivity contribution < 1.29 is 24.2 Å². The summed E-state index contributed by atoms with van der Waals surface area (Å²) in [4.78, 5) is 37.0. The van der Waals surface area contributed by atoms with E-state index in [9.17, 15) is 19.5 Å². The van der Waals surface area contributed by atoms with E-state index in [1.54, 1.807) is 61.5 Å². The molecular weight excluding hydrogens is 490 g/mol. The average molecular weight is 508 g/mol. The molecule has 8 nitrogen and oxygen atoms in total. The SMILES string of the molecule is COC(=O)c1sc(/N=N/c2cc3ccccc3c(C(=O)Nc3ccccc3Cl)c2O)c(C=O)c1C. The van der Waals surface area contributed by atoms with Gasteiger partial charge < -0.3 is 15.2 Å². The van der Waals surface area contributed by atoms with Crippen LogP contribution >= 0.6 is 22.9 Å². The molecule has 0 bridgehead atoms. The van der Waals surface area contributed by atoms with Gasteiger partial charge in [-0.1, -0.05) is 48.0 Å². The molecule has 1 amide bonds. The third-order valence-electron chi connectivity index (χ3n) is 5.26. The summed E-state index contributed by atoms with van der Waals surface area (Å²) in [7, 11) is 1.24. The molecule has 0 radical (unpaired) electrons. The molecule has 4 aromatic rings. The number of benzene rings is 3. The highest BCUT2D eigenvalue weighted by molar-refractivity contribution is 7.18. The second-order valence-corrected chi connectivity index (χ2v) is 8.77. The summed E-state index contributed by atoms with van der Waals surface area (Å²) < 4.78 is 4.75. The Morgan fingerprint density at radius 1 is 1.11 bits per heavy atom. The van der Waals surface area contributed by atoms with E-state index in [0.717, 1.165) is 11.3 Å². The Morgan fingerprint density at radius 3 is 2.54 bits per heavy atom. The van der Waals surface area contributed by atoms with Crippen molar-refractivity contribution in [1.82, 2.24) is 0 Å². The lowest BCUT2D eigenvalue weighted by Crippen LogP contribution is -2.13. The lowest BCUT2D eigenvalue weighted by atomic mass is 10.0. The normalized spacial score (nSPS) is 11.1. The number of esters is 1. The van der Waals surface area contributed by atoms with E-state index in [4.69, 9.17) is 16.3 Å². The predicted molar refractivity (Wildman–Crippen MR) is 135 cm³/mol. The Hall–Kier alpha value is -4.08. The van der Waals surface area contributed by atoms with Crippen molar-refractivity contribution in [2.24, 2.45) is 10.2 Å². The molecule has 176 valence electrons. The van der Waals surface area contributed by atoms with Gasteiger partial charge in [-0.25, -0.2) is 4.79 Å². The first-order valence-electron chi connectivity index (χ1n) is 10.2. The van der Waals surface area contributed by atoms with Gasteiger partial charge in [0.05, 0.1) is 28.9 Å². The van der Waals surface area contributed by atoms with Crippen molar-refractivity contribution >= 4 is 68.2 Å². The standard InChI is InChI=1S/C25H18ClN3O5S/c1-13-16(12-30)24(35-22(13)25(33)34-2)29-28-19-11-14-7-3-4-8-15(14)20(21(19)31)23(32)27-18-10-6-5-9-17(18)26/h3-12,31H,1-2H3,(H,27,32)/b29-28+. The number of amides is 1. The maximum Gasteiger partial charge on any atom is 0.348 e. The van der Waals surface area contributed by atoms with Crippen molar-refractivity contribution in [2.45, 2.75) is 6.92 Å². The van der Waals surface area contributed by atoms with Gasteiger partial charge in [-0.2, -0.15) is 0 Å². The quantitative estimate of drug-likeness (QED) is 0.168. The Kier molecular flexibility index (Phi) is 6.90. The first-order valence-corrected chi connectivity index (χ1v) is 11.4. The molecule has 2 N–H and O–H groups in total. The summed E-state index contributed by atoms with van der Waals surface area (Å²) in [5.74, 6) is -1.58. The van der Waals surface area contributed by atoms with Crippen LogP contribution in [-0.4, -0.2) is 30.4 Å². The third kappa shape index (κ3) is 4.64. The van der Waals surface area contributed by atoms with E-state index >= 15 is 0 Å². The fourth-order valence-corrected chi connectivity index (χ4v) is 4.68. The number of rotatable bonds is 6. The van der Waals surface area contributed by atoms with Crippen molar-refractivity contribution in [3.63, 3.8) is 0 Å². The number of thiophene rings is 1. The largest absolute Gasteiger partial charge is 0.505 e. The smallest absolute Gasteiger partial charge is 0.348 e. The number of nitrogens with one attached hydrogen (secondary N) is 1. The molecule has 0 aliphatic carbocycles. The molecule has 0 aliphatic rings. The molecule has 0 unspecified atom stereocenters. The Labute approximate surface area is 208 Å². The van der Waals surface area contributed by atoms with Gasteiger partial charge in [0.25, 0.3) is 5.91 Å². The minimum Gasteiger partial charge on any atom is -0.505 e. The number of aromatic hydroxyl groups is 1. The number of anilines is 1. The number of nitrogens with zero attached hydrogens (tertiary/aromatic N) is 2. The molecule has 10 heteroatoms. The monoisotopic (exact) mass is 507 g/mol. The van der Waals surface area contributed by atoms with Crippen molar-refractivity contribution in [1.29, 1.82) is 0 Å². The van der Waals surface area contributed by atoms with Crippen LogP contribution < -0.4 is 5.32 Å². The number of carbonyl (C=O) groups is 3. The van der Waals surface area contributed by atoms with E-state index in [1.807, 2.05) is 0 Å². The summed E-state index contributed by atoms with van der Waals surface area (Å²) in [5.41, 5.74) is 1.000. The fraction of sp³-hybridized carbons (Fsp3) is 0.0800. The van der Waals surface area contributed by atoms with Crippen LogP contribution in [0.2, 0.25) is 5.02 Å². The lowest BCUT2D eigenvalue weighted by Gasteiger charge is -2.12. The number of hydrogen-bond donors (Lipinski definition) is 2. The van der Waals surface area contributed by atoms with Gasteiger partial charge in [-0.3, -0.25) is 9.59 Å². The van der Waals surface area contributed by atoms with E-state index in [1.165, 1.54) is 7.11 Å². The molecule has 4 rings (SSSR count). The van der Waals surface area contributed by atoms with Gasteiger partial charge in [0, 0.05) is 0 Å². The van der Waals surface area contributed by atoms with Gasteiger partial charge in [0.2, 0.25) is 0 Å². The highest BCUT2D eigenvalue weighted by Crippen LogP contribution is 2.40. The second kappa shape index (κ2) is 10.0. The molecule has 0 spiro atoms. The molecule has 3 aromatic carbocycles. The van der Waals surface area contributed by atoms with Gasteiger partial charge >= 0.3 is 5.97 Å². The van der Waals surface area contributed by atoms with Gasteiger partial charge in [-0.05, 0) is 41.5 Å². The van der Waals surface area contributed by atoms with Gasteiger partial charge in [-0.15, -0.1) is 21.6 Å². The number of aldehydes is 1. The number of phenols is 1. The van der Waals surface area contributed by atoms with E-state index < -0.39 is 17.6 Å². The Bertz CT molecular complexity index is 1510. The molecule has 0 fully saturated rings. The van der Waals surface area contributed by atoms with Crippen LogP contribution in [0.15, 0.2) is 64.8 Å². The van der Waals surface area contributed by atoms with E-state index in [2.05, 4.69) is 15.5 Å². The lowest BCUT2D eigenvalue weighted by molar-refractivity contribution is 0.0605. The number of hydrogen-bond acceptors (Lipinski definition) is 8. The van der Waals surface area contributed by atoms with E-state index in [-0.39, 0.29) is 26.7 Å². The average Bonchev–Trinajstić information content (AvgIpc) is 3.18. The zero-order chi connectivity index (χ0) is 25.1. The summed E-state index contributed by atoms with van der Waals surface area (Å²) in [5, 5.41) is 23.6. The van der Waals surface area contributed by atoms with Crippen molar-refractivity contribution in [2.75, 3.05) is 12.4 Å². The Morgan fingerprint density at radius 2 is 1.83 bits per heavy atom. The maximum absolute atomic E-state index is 13.2. The van der Waals surface area contributed by atoms with Crippen LogP contribution in [-0.2, 0) is 4.74 Å². The number of ether oxygens (including phenoxy) is 1. The molecule has 35 heavy (non-hydrogen) atoms. The van der Waals surface area contributed by atoms with Crippen LogP contribution in [0.4, 0.5) is 16.4 Å². The fourth-order valence-electron chi connectivity index (χ4n) is 3.49. The molecular formula is C25H18ClN3O5S.